The van der Waals surface area contributed by atoms with E-state index in [0.29, 0.717) is 5.89 Å². The second-order valence-corrected chi connectivity index (χ2v) is 10.4. The van der Waals surface area contributed by atoms with Crippen LogP contribution in [0, 0.1) is 0 Å². The number of fused-ring (bicyclic) bond motifs is 6. The van der Waals surface area contributed by atoms with Crippen molar-refractivity contribution in [3.63, 3.8) is 0 Å². The largest absolute Gasteiger partial charge is 0.456 e. The molecule has 41 heavy (non-hydrogen) atoms. The van der Waals surface area contributed by atoms with Crippen molar-refractivity contribution >= 4 is 49.8 Å². The van der Waals surface area contributed by atoms with Gasteiger partial charge in [0.05, 0.1) is 0 Å². The number of rotatable bonds is 4. The lowest BCUT2D eigenvalue weighted by Crippen LogP contribution is -2.10. The van der Waals surface area contributed by atoms with Crippen molar-refractivity contribution in [2.45, 2.75) is 0 Å². The summed E-state index contributed by atoms with van der Waals surface area (Å²) in [5, 5.41) is 4.56. The Bertz CT molecular complexity index is 2260. The molecule has 0 fully saturated rings. The highest BCUT2D eigenvalue weighted by molar-refractivity contribution is 6.15. The predicted octanol–water partition coefficient (Wildman–Crippen LogP) is 10.5. The maximum absolute atomic E-state index is 6.39. The van der Waals surface area contributed by atoms with Crippen LogP contribution < -0.4 is 4.90 Å². The van der Waals surface area contributed by atoms with Crippen LogP contribution in [0.2, 0.25) is 0 Å². The van der Waals surface area contributed by atoms with Gasteiger partial charge in [0.1, 0.15) is 16.9 Å². The molecule has 0 atom stereocenters. The van der Waals surface area contributed by atoms with E-state index in [-0.39, 0.29) is 0 Å². The van der Waals surface area contributed by atoms with Crippen LogP contribution in [0.4, 0.5) is 17.1 Å². The van der Waals surface area contributed by atoms with E-state index in [1.54, 1.807) is 0 Å². The van der Waals surface area contributed by atoms with E-state index < -0.39 is 0 Å². The summed E-state index contributed by atoms with van der Waals surface area (Å²) in [7, 11) is 0. The Morgan fingerprint density at radius 2 is 1.29 bits per heavy atom. The van der Waals surface area contributed by atoms with Gasteiger partial charge in [-0.05, 0) is 60.0 Å². The maximum atomic E-state index is 6.39. The lowest BCUT2D eigenvalue weighted by molar-refractivity contribution is 0.590. The van der Waals surface area contributed by atoms with E-state index in [1.165, 1.54) is 5.39 Å². The van der Waals surface area contributed by atoms with Crippen LogP contribution in [0.15, 0.2) is 142 Å². The zero-order chi connectivity index (χ0) is 26.9. The predicted molar refractivity (Wildman–Crippen MR) is 166 cm³/mol. The molecule has 0 saturated heterocycles. The van der Waals surface area contributed by atoms with E-state index >= 15 is 0 Å². The topological polar surface area (TPSA) is 42.4 Å². The summed E-state index contributed by atoms with van der Waals surface area (Å²) in [5.41, 5.74) is 8.91. The van der Waals surface area contributed by atoms with Crippen molar-refractivity contribution in [3.05, 3.63) is 133 Å². The minimum Gasteiger partial charge on any atom is -0.456 e. The number of aromatic nitrogens is 1. The van der Waals surface area contributed by atoms with Gasteiger partial charge >= 0.3 is 0 Å². The van der Waals surface area contributed by atoms with Crippen molar-refractivity contribution in [1.29, 1.82) is 0 Å². The molecule has 8 aromatic rings. The van der Waals surface area contributed by atoms with Crippen LogP contribution in [-0.4, -0.2) is 4.98 Å². The number of anilines is 3. The number of hydrogen-bond donors (Lipinski definition) is 0. The summed E-state index contributed by atoms with van der Waals surface area (Å²) in [6, 6.07) is 46.1. The fraction of sp³-hybridized carbons (Fsp3) is 0. The Hall–Kier alpha value is -5.61. The van der Waals surface area contributed by atoms with E-state index in [1.807, 2.05) is 48.5 Å². The van der Waals surface area contributed by atoms with Gasteiger partial charge in [0.15, 0.2) is 5.76 Å². The highest BCUT2D eigenvalue weighted by Crippen LogP contribution is 2.51. The summed E-state index contributed by atoms with van der Waals surface area (Å²) in [5.74, 6) is 1.47. The van der Waals surface area contributed by atoms with Crippen LogP contribution in [-0.2, 0) is 0 Å². The summed E-state index contributed by atoms with van der Waals surface area (Å²) < 4.78 is 12.7. The molecule has 0 aliphatic heterocycles. The van der Waals surface area contributed by atoms with Gasteiger partial charge < -0.3 is 13.7 Å². The Morgan fingerprint density at radius 1 is 0.512 bits per heavy atom. The first-order valence-electron chi connectivity index (χ1n) is 13.7. The Labute approximate surface area is 235 Å². The molecule has 0 bridgehead atoms. The van der Waals surface area contributed by atoms with Gasteiger partial charge in [-0.15, -0.1) is 0 Å². The van der Waals surface area contributed by atoms with Crippen molar-refractivity contribution in [3.8, 4) is 34.0 Å². The van der Waals surface area contributed by atoms with E-state index in [2.05, 4.69) is 89.8 Å². The second kappa shape index (κ2) is 8.44. The van der Waals surface area contributed by atoms with Gasteiger partial charge in [-0.1, -0.05) is 72.8 Å². The van der Waals surface area contributed by atoms with E-state index in [4.69, 9.17) is 13.8 Å². The lowest BCUT2D eigenvalue weighted by atomic mass is 10.0. The first-order valence-corrected chi connectivity index (χ1v) is 13.7. The number of nitrogens with zero attached hydrogens (tertiary/aromatic N) is 2. The minimum atomic E-state index is 0.638. The van der Waals surface area contributed by atoms with Gasteiger partial charge in [0.2, 0.25) is 5.89 Å². The third-order valence-electron chi connectivity index (χ3n) is 8.00. The number of oxazole rings is 1. The fourth-order valence-electron chi connectivity index (χ4n) is 6.18. The van der Waals surface area contributed by atoms with Crippen molar-refractivity contribution in [2.24, 2.45) is 0 Å². The highest BCUT2D eigenvalue weighted by atomic mass is 16.4. The molecule has 1 aliphatic carbocycles. The van der Waals surface area contributed by atoms with Crippen LogP contribution >= 0.6 is 0 Å². The summed E-state index contributed by atoms with van der Waals surface area (Å²) in [4.78, 5) is 7.29. The molecule has 4 heteroatoms. The van der Waals surface area contributed by atoms with Crippen molar-refractivity contribution in [2.75, 3.05) is 4.90 Å². The third-order valence-corrected chi connectivity index (χ3v) is 8.00. The monoisotopic (exact) mass is 526 g/mol. The molecule has 6 aromatic carbocycles. The van der Waals surface area contributed by atoms with Crippen molar-refractivity contribution < 1.29 is 8.83 Å². The second-order valence-electron chi connectivity index (χ2n) is 10.4. The molecular weight excluding hydrogens is 504 g/mol. The summed E-state index contributed by atoms with van der Waals surface area (Å²) >= 11 is 0. The summed E-state index contributed by atoms with van der Waals surface area (Å²) in [6.45, 7) is 0. The molecule has 1 aliphatic rings. The standard InChI is InChI=1S/C37H22N2O2/c1-3-10-23(11-4-1)37-38-35-31-21-27(20-24-12-9-16-30(34(24)31)36(35)41-37)39(25-13-5-2-6-14-25)26-18-19-29-28-15-7-8-17-32(28)40-33(29)22-26/h1-22H. The molecule has 0 unspecified atom stereocenters. The van der Waals surface area contributed by atoms with Crippen LogP contribution in [0.3, 0.4) is 0 Å². The van der Waals surface area contributed by atoms with E-state index in [9.17, 15) is 0 Å². The molecule has 0 amide bonds. The zero-order valence-corrected chi connectivity index (χ0v) is 21.9. The number of furan rings is 1. The molecule has 2 aromatic heterocycles. The highest BCUT2D eigenvalue weighted by Gasteiger charge is 2.29. The SMILES string of the molecule is c1ccc(-c2nc3c(o2)-c2cccc4cc(N(c5ccccc5)c5ccc6c(c5)oc5ccccc56)cc-3c24)cc1. The van der Waals surface area contributed by atoms with Crippen LogP contribution in [0.5, 0.6) is 0 Å². The zero-order valence-electron chi connectivity index (χ0n) is 21.9. The molecule has 2 heterocycles. The molecule has 0 radical (unpaired) electrons. The summed E-state index contributed by atoms with van der Waals surface area (Å²) in [6.07, 6.45) is 0. The molecular formula is C37H22N2O2. The molecule has 0 spiro atoms. The molecule has 192 valence electrons. The number of hydrogen-bond acceptors (Lipinski definition) is 4. The molecule has 4 nitrogen and oxygen atoms in total. The van der Waals surface area contributed by atoms with E-state index in [0.717, 1.165) is 72.5 Å². The van der Waals surface area contributed by atoms with Crippen molar-refractivity contribution in [1.82, 2.24) is 4.98 Å². The Balaban J connectivity index is 1.26. The van der Waals surface area contributed by atoms with Gasteiger partial charge in [0.25, 0.3) is 0 Å². The van der Waals surface area contributed by atoms with Gasteiger partial charge in [0, 0.05) is 56.0 Å². The molecule has 9 rings (SSSR count). The third kappa shape index (κ3) is 3.31. The van der Waals surface area contributed by atoms with Gasteiger partial charge in [-0.3, -0.25) is 0 Å². The number of benzene rings is 6. The van der Waals surface area contributed by atoms with Crippen LogP contribution in [0.1, 0.15) is 0 Å². The molecule has 0 N–H and O–H groups in total. The average molecular weight is 527 g/mol. The smallest absolute Gasteiger partial charge is 0.227 e. The first kappa shape index (κ1) is 22.2. The first-order chi connectivity index (χ1) is 20.3. The Morgan fingerprint density at radius 3 is 2.17 bits per heavy atom. The fourth-order valence-corrected chi connectivity index (χ4v) is 6.18. The van der Waals surface area contributed by atoms with Crippen LogP contribution in [0.25, 0.3) is 66.7 Å². The normalized spacial score (nSPS) is 11.9. The van der Waals surface area contributed by atoms with Gasteiger partial charge in [-0.2, -0.15) is 0 Å². The lowest BCUT2D eigenvalue weighted by Gasteiger charge is -2.26. The number of para-hydroxylation sites is 2. The average Bonchev–Trinajstić information content (AvgIpc) is 3.71. The maximum Gasteiger partial charge on any atom is 0.227 e. The molecule has 0 saturated carbocycles. The quantitative estimate of drug-likeness (QED) is 0.229. The minimum absolute atomic E-state index is 0.638. The Kier molecular flexibility index (Phi) is 4.58. The van der Waals surface area contributed by atoms with Gasteiger partial charge in [-0.25, -0.2) is 4.98 Å².